The smallest absolute Gasteiger partial charge is 0.268 e. The Morgan fingerprint density at radius 3 is 1.27 bits per heavy atom. The minimum absolute atomic E-state index is 0.00125. The van der Waals surface area contributed by atoms with Crippen LogP contribution in [0.2, 0.25) is 0 Å². The molecule has 0 aromatic carbocycles. The second-order valence-electron chi connectivity index (χ2n) is 21.0. The first-order valence-electron chi connectivity index (χ1n) is 29.3. The lowest BCUT2D eigenvalue weighted by atomic mass is 10.0. The minimum Gasteiger partial charge on any atom is -0.756 e. The Morgan fingerprint density at radius 2 is 0.871 bits per heavy atom. The molecular formula is C61H113N2O6P. The third-order valence-electron chi connectivity index (χ3n) is 12.9. The summed E-state index contributed by atoms with van der Waals surface area (Å²) >= 11 is 0. The highest BCUT2D eigenvalue weighted by atomic mass is 31.2. The SMILES string of the molecule is CC/C=C\C/C=C\C/C=C\C/C=C\C/C=C\CCCCCCCCCCCCCCCCCCCCCCCC(=O)NC(COP(=O)([O-])OCC[N+](C)(C)C)C(O)/C=C/CCCCCCCCCCC. The lowest BCUT2D eigenvalue weighted by Gasteiger charge is -2.29. The molecule has 0 spiro atoms. The zero-order chi connectivity index (χ0) is 51.3. The van der Waals surface area contributed by atoms with Crippen molar-refractivity contribution in [2.24, 2.45) is 0 Å². The predicted octanol–water partition coefficient (Wildman–Crippen LogP) is 17.2. The van der Waals surface area contributed by atoms with Crippen molar-refractivity contribution in [2.45, 2.75) is 270 Å². The normalized spacial score (nSPS) is 14.4. The molecule has 0 saturated heterocycles. The highest BCUT2D eigenvalue weighted by Crippen LogP contribution is 2.38. The zero-order valence-electron chi connectivity index (χ0n) is 46.5. The molecule has 0 bridgehead atoms. The van der Waals surface area contributed by atoms with Crippen molar-refractivity contribution >= 4 is 13.7 Å². The molecule has 0 aromatic rings. The fourth-order valence-corrected chi connectivity index (χ4v) is 9.08. The van der Waals surface area contributed by atoms with Gasteiger partial charge in [-0.2, -0.15) is 0 Å². The molecule has 70 heavy (non-hydrogen) atoms. The number of aliphatic hydroxyl groups excluding tert-OH is 1. The Bertz CT molecular complexity index is 1370. The van der Waals surface area contributed by atoms with Crippen LogP contribution in [0.1, 0.15) is 258 Å². The molecule has 0 fully saturated rings. The van der Waals surface area contributed by atoms with Crippen molar-refractivity contribution in [3.8, 4) is 0 Å². The van der Waals surface area contributed by atoms with Gasteiger partial charge in [0.2, 0.25) is 5.91 Å². The van der Waals surface area contributed by atoms with Gasteiger partial charge >= 0.3 is 0 Å². The summed E-state index contributed by atoms with van der Waals surface area (Å²) < 4.78 is 23.3. The maximum atomic E-state index is 12.9. The van der Waals surface area contributed by atoms with Crippen LogP contribution >= 0.6 is 7.82 Å². The van der Waals surface area contributed by atoms with Crippen LogP contribution in [0.3, 0.4) is 0 Å². The molecule has 3 atom stereocenters. The van der Waals surface area contributed by atoms with Crippen LogP contribution in [-0.2, 0) is 18.4 Å². The summed E-state index contributed by atoms with van der Waals surface area (Å²) in [4.78, 5) is 25.4. The number of nitrogens with zero attached hydrogens (tertiary/aromatic N) is 1. The van der Waals surface area contributed by atoms with E-state index in [0.717, 1.165) is 70.6 Å². The van der Waals surface area contributed by atoms with Crippen molar-refractivity contribution in [3.63, 3.8) is 0 Å². The molecule has 0 heterocycles. The third kappa shape index (κ3) is 53.7. The van der Waals surface area contributed by atoms with Gasteiger partial charge in [-0.05, 0) is 64.2 Å². The number of rotatable bonds is 53. The van der Waals surface area contributed by atoms with Crippen molar-refractivity contribution in [1.29, 1.82) is 0 Å². The number of carbonyl (C=O) groups excluding carboxylic acids is 1. The number of aliphatic hydroxyl groups is 1. The molecule has 0 aliphatic heterocycles. The summed E-state index contributed by atoms with van der Waals surface area (Å²) in [6.07, 6.45) is 71.4. The van der Waals surface area contributed by atoms with Gasteiger partial charge in [-0.1, -0.05) is 260 Å². The van der Waals surface area contributed by atoms with Crippen LogP contribution in [0.5, 0.6) is 0 Å². The quantitative estimate of drug-likeness (QED) is 0.0272. The first-order chi connectivity index (χ1) is 34.0. The number of hydrogen-bond acceptors (Lipinski definition) is 6. The van der Waals surface area contributed by atoms with Crippen molar-refractivity contribution in [2.75, 3.05) is 40.9 Å². The molecular weight excluding hydrogens is 888 g/mol. The van der Waals surface area contributed by atoms with Gasteiger partial charge in [0.05, 0.1) is 39.9 Å². The molecule has 0 saturated carbocycles. The Hall–Kier alpha value is -2.06. The van der Waals surface area contributed by atoms with Crippen molar-refractivity contribution in [3.05, 3.63) is 72.9 Å². The number of unbranched alkanes of at least 4 members (excludes halogenated alkanes) is 30. The zero-order valence-corrected chi connectivity index (χ0v) is 47.4. The van der Waals surface area contributed by atoms with Gasteiger partial charge in [0.15, 0.2) is 0 Å². The summed E-state index contributed by atoms with van der Waals surface area (Å²) in [5.41, 5.74) is 0. The van der Waals surface area contributed by atoms with Crippen LogP contribution in [0, 0.1) is 0 Å². The van der Waals surface area contributed by atoms with E-state index in [1.807, 2.05) is 27.2 Å². The molecule has 1 amide bonds. The lowest BCUT2D eigenvalue weighted by molar-refractivity contribution is -0.870. The fourth-order valence-electron chi connectivity index (χ4n) is 8.36. The van der Waals surface area contributed by atoms with Gasteiger partial charge in [0.1, 0.15) is 13.2 Å². The molecule has 0 rings (SSSR count). The number of hydrogen-bond donors (Lipinski definition) is 2. The van der Waals surface area contributed by atoms with Gasteiger partial charge in [-0.15, -0.1) is 0 Å². The van der Waals surface area contributed by atoms with Crippen LogP contribution in [-0.4, -0.2) is 68.5 Å². The Labute approximate surface area is 434 Å². The van der Waals surface area contributed by atoms with Gasteiger partial charge in [-0.25, -0.2) is 0 Å². The number of allylic oxidation sites excluding steroid dienone is 11. The van der Waals surface area contributed by atoms with E-state index < -0.39 is 20.0 Å². The highest BCUT2D eigenvalue weighted by molar-refractivity contribution is 7.45. The predicted molar refractivity (Wildman–Crippen MR) is 302 cm³/mol. The van der Waals surface area contributed by atoms with E-state index in [-0.39, 0.29) is 19.1 Å². The summed E-state index contributed by atoms with van der Waals surface area (Å²) in [5.74, 6) is -0.197. The van der Waals surface area contributed by atoms with Crippen LogP contribution < -0.4 is 10.2 Å². The van der Waals surface area contributed by atoms with Gasteiger partial charge < -0.3 is 28.8 Å². The average molecular weight is 1000 g/mol. The number of carbonyl (C=O) groups is 1. The fraction of sp³-hybridized carbons (Fsp3) is 0.787. The number of quaternary nitrogens is 1. The summed E-state index contributed by atoms with van der Waals surface area (Å²) in [6.45, 7) is 4.53. The first-order valence-corrected chi connectivity index (χ1v) is 30.8. The number of amides is 1. The molecule has 408 valence electrons. The van der Waals surface area contributed by atoms with Gasteiger partial charge in [0, 0.05) is 6.42 Å². The van der Waals surface area contributed by atoms with Crippen LogP contribution in [0.4, 0.5) is 0 Å². The largest absolute Gasteiger partial charge is 0.756 e. The molecule has 3 unspecified atom stereocenters. The molecule has 9 heteroatoms. The third-order valence-corrected chi connectivity index (χ3v) is 13.9. The minimum atomic E-state index is -4.59. The van der Waals surface area contributed by atoms with Crippen LogP contribution in [0.15, 0.2) is 72.9 Å². The van der Waals surface area contributed by atoms with E-state index in [1.54, 1.807) is 6.08 Å². The van der Waals surface area contributed by atoms with E-state index in [2.05, 4.69) is 79.9 Å². The number of nitrogens with one attached hydrogen (secondary N) is 1. The van der Waals surface area contributed by atoms with Gasteiger partial charge in [-0.3, -0.25) is 9.36 Å². The molecule has 0 aromatic heterocycles. The Balaban J connectivity index is 3.92. The monoisotopic (exact) mass is 1000 g/mol. The Morgan fingerprint density at radius 1 is 0.514 bits per heavy atom. The summed E-state index contributed by atoms with van der Waals surface area (Å²) in [6, 6.07) is -0.885. The van der Waals surface area contributed by atoms with Crippen molar-refractivity contribution < 1.29 is 32.9 Å². The standard InChI is InChI=1S/C61H113N2O6P/c1-6-8-10-12-14-16-18-19-20-21-22-23-24-25-26-27-28-29-30-31-32-33-34-35-36-37-38-39-40-41-42-43-45-47-49-51-53-55-61(65)62-59(58-69-70(66,67)68-57-56-63(3,4)5)60(64)54-52-50-48-46-44-17-15-13-11-9-7-2/h8,10,14,16,19-20,22-23,25-26,52,54,59-60,64H,6-7,9,11-13,15,17-18,21,24,27-51,53,55-58H2,1-5H3,(H-,62,65,66,67)/b10-8-,16-14-,20-19-,23-22-,26-25-,54-52+. The molecule has 0 radical (unpaired) electrons. The molecule has 2 N–H and O–H groups in total. The maximum Gasteiger partial charge on any atom is 0.268 e. The highest BCUT2D eigenvalue weighted by Gasteiger charge is 2.23. The first kappa shape index (κ1) is 67.9. The average Bonchev–Trinajstić information content (AvgIpc) is 3.32. The van der Waals surface area contributed by atoms with E-state index in [4.69, 9.17) is 9.05 Å². The molecule has 0 aliphatic rings. The van der Waals surface area contributed by atoms with E-state index in [9.17, 15) is 19.4 Å². The lowest BCUT2D eigenvalue weighted by Crippen LogP contribution is -2.45. The van der Waals surface area contributed by atoms with Gasteiger partial charge in [0.25, 0.3) is 7.82 Å². The van der Waals surface area contributed by atoms with E-state index in [0.29, 0.717) is 17.4 Å². The number of phosphoric ester groups is 1. The number of likely N-dealkylation sites (N-methyl/N-ethyl adjacent to an activating group) is 1. The topological polar surface area (TPSA) is 108 Å². The number of phosphoric acid groups is 1. The summed E-state index contributed by atoms with van der Waals surface area (Å²) in [7, 11) is 1.26. The van der Waals surface area contributed by atoms with E-state index >= 15 is 0 Å². The van der Waals surface area contributed by atoms with Crippen molar-refractivity contribution in [1.82, 2.24) is 5.32 Å². The van der Waals surface area contributed by atoms with E-state index in [1.165, 1.54) is 167 Å². The summed E-state index contributed by atoms with van der Waals surface area (Å²) in [5, 5.41) is 13.8. The Kier molecular flexibility index (Phi) is 50.3. The molecule has 0 aliphatic carbocycles. The second-order valence-corrected chi connectivity index (χ2v) is 22.4. The second kappa shape index (κ2) is 51.8. The maximum absolute atomic E-state index is 12.9. The van der Waals surface area contributed by atoms with Crippen LogP contribution in [0.25, 0.3) is 0 Å². The molecule has 8 nitrogen and oxygen atoms in total.